The van der Waals surface area contributed by atoms with Crippen molar-refractivity contribution < 1.29 is 4.79 Å². The molecule has 2 atom stereocenters. The van der Waals surface area contributed by atoms with Crippen LogP contribution in [0.3, 0.4) is 0 Å². The molecule has 0 bridgehead atoms. The molecule has 0 aromatic heterocycles. The highest BCUT2D eigenvalue weighted by Crippen LogP contribution is 2.33. The Morgan fingerprint density at radius 3 is 2.07 bits per heavy atom. The molecule has 2 aromatic rings. The van der Waals surface area contributed by atoms with Crippen LogP contribution < -0.4 is 0 Å². The average molecular weight is 363 g/mol. The highest BCUT2D eigenvalue weighted by molar-refractivity contribution is 5.86. The lowest BCUT2D eigenvalue weighted by atomic mass is 9.78. The predicted octanol–water partition coefficient (Wildman–Crippen LogP) is 7.34. The molecular formula is C26H34O. The molecule has 1 aliphatic rings. The zero-order chi connectivity index (χ0) is 19.1. The quantitative estimate of drug-likeness (QED) is 0.449. The maximum Gasteiger partial charge on any atom is 0.140 e. The largest absolute Gasteiger partial charge is 0.299 e. The van der Waals surface area contributed by atoms with Crippen molar-refractivity contribution in [3.8, 4) is 11.1 Å². The van der Waals surface area contributed by atoms with E-state index in [-0.39, 0.29) is 5.92 Å². The fraction of sp³-hybridized carbons (Fsp3) is 0.500. The predicted molar refractivity (Wildman–Crippen MR) is 115 cm³/mol. The van der Waals surface area contributed by atoms with Crippen molar-refractivity contribution >= 4 is 5.78 Å². The van der Waals surface area contributed by atoms with Crippen molar-refractivity contribution in [1.29, 1.82) is 0 Å². The van der Waals surface area contributed by atoms with Crippen molar-refractivity contribution in [3.63, 3.8) is 0 Å². The molecule has 0 N–H and O–H groups in total. The third-order valence-corrected chi connectivity index (χ3v) is 6.06. The van der Waals surface area contributed by atoms with Crippen molar-refractivity contribution in [2.75, 3.05) is 0 Å². The fourth-order valence-electron chi connectivity index (χ4n) is 4.26. The Kier molecular flexibility index (Phi) is 7.26. The molecule has 0 saturated heterocycles. The van der Waals surface area contributed by atoms with Gasteiger partial charge in [0.05, 0.1) is 0 Å². The van der Waals surface area contributed by atoms with Crippen LogP contribution in [0.4, 0.5) is 0 Å². The van der Waals surface area contributed by atoms with E-state index in [0.717, 1.165) is 19.3 Å². The summed E-state index contributed by atoms with van der Waals surface area (Å²) in [7, 11) is 0. The number of ketones is 1. The molecule has 3 rings (SSSR count). The Morgan fingerprint density at radius 2 is 1.44 bits per heavy atom. The Balaban J connectivity index is 1.57. The van der Waals surface area contributed by atoms with E-state index in [4.69, 9.17) is 0 Å². The number of hydrogen-bond acceptors (Lipinski definition) is 1. The van der Waals surface area contributed by atoms with E-state index in [1.165, 1.54) is 60.8 Å². The summed E-state index contributed by atoms with van der Waals surface area (Å²) in [6.45, 7) is 4.45. The first-order valence-electron chi connectivity index (χ1n) is 10.9. The molecule has 0 aliphatic heterocycles. The van der Waals surface area contributed by atoms with Crippen LogP contribution >= 0.6 is 0 Å². The minimum atomic E-state index is 0.116. The molecule has 0 spiro atoms. The average Bonchev–Trinajstić information content (AvgIpc) is 2.69. The summed E-state index contributed by atoms with van der Waals surface area (Å²) >= 11 is 0. The summed E-state index contributed by atoms with van der Waals surface area (Å²) in [4.78, 5) is 12.3. The first-order chi connectivity index (χ1) is 13.2. The molecular weight excluding hydrogens is 328 g/mol. The normalized spacial score (nSPS) is 20.0. The van der Waals surface area contributed by atoms with Gasteiger partial charge in [-0.05, 0) is 53.9 Å². The fourth-order valence-corrected chi connectivity index (χ4v) is 4.26. The highest BCUT2D eigenvalue weighted by atomic mass is 16.1. The summed E-state index contributed by atoms with van der Waals surface area (Å²) < 4.78 is 0. The molecule has 0 heterocycles. The first kappa shape index (κ1) is 19.9. The van der Waals surface area contributed by atoms with Crippen LogP contribution in [0.15, 0.2) is 48.5 Å². The third-order valence-electron chi connectivity index (χ3n) is 6.06. The van der Waals surface area contributed by atoms with E-state index in [0.29, 0.717) is 11.7 Å². The number of benzene rings is 2. The molecule has 1 fully saturated rings. The van der Waals surface area contributed by atoms with Gasteiger partial charge in [-0.15, -0.1) is 0 Å². The molecule has 0 radical (unpaired) electrons. The number of carbonyl (C=O) groups is 1. The van der Waals surface area contributed by atoms with Gasteiger partial charge in [-0.3, -0.25) is 4.79 Å². The van der Waals surface area contributed by atoms with Gasteiger partial charge < -0.3 is 0 Å². The topological polar surface area (TPSA) is 17.1 Å². The summed E-state index contributed by atoms with van der Waals surface area (Å²) in [5.74, 6) is 1.09. The van der Waals surface area contributed by atoms with Gasteiger partial charge in [0.1, 0.15) is 5.78 Å². The molecule has 1 saturated carbocycles. The van der Waals surface area contributed by atoms with E-state index in [1.54, 1.807) is 0 Å². The van der Waals surface area contributed by atoms with E-state index in [1.807, 2.05) is 0 Å². The van der Waals surface area contributed by atoms with E-state index in [9.17, 15) is 4.79 Å². The van der Waals surface area contributed by atoms with Crippen molar-refractivity contribution in [3.05, 3.63) is 59.7 Å². The van der Waals surface area contributed by atoms with Crippen LogP contribution in [0.25, 0.3) is 11.1 Å². The summed E-state index contributed by atoms with van der Waals surface area (Å²) in [5.41, 5.74) is 5.14. The van der Waals surface area contributed by atoms with E-state index < -0.39 is 0 Å². The minimum Gasteiger partial charge on any atom is -0.299 e. The zero-order valence-corrected chi connectivity index (χ0v) is 17.0. The SMILES string of the molecule is CCCCCCCc1ccc(-c2ccc([C@@H]3CC[C@@H](C)CC3=O)cc2)cc1. The maximum atomic E-state index is 12.3. The van der Waals surface area contributed by atoms with Gasteiger partial charge >= 0.3 is 0 Å². The number of unbranched alkanes of at least 4 members (excludes halogenated alkanes) is 4. The second-order valence-corrected chi connectivity index (χ2v) is 8.39. The number of Topliss-reactive ketones (excluding diaryl/α,β-unsaturated/α-hetero) is 1. The molecule has 144 valence electrons. The van der Waals surface area contributed by atoms with Crippen LogP contribution in [-0.2, 0) is 11.2 Å². The van der Waals surface area contributed by atoms with Gasteiger partial charge in [0, 0.05) is 12.3 Å². The second-order valence-electron chi connectivity index (χ2n) is 8.39. The van der Waals surface area contributed by atoms with Gasteiger partial charge in [-0.1, -0.05) is 88.1 Å². The molecule has 2 aromatic carbocycles. The Bertz CT molecular complexity index is 711. The van der Waals surface area contributed by atoms with Crippen LogP contribution in [0.2, 0.25) is 0 Å². The molecule has 0 amide bonds. The Hall–Kier alpha value is -1.89. The van der Waals surface area contributed by atoms with Crippen molar-refractivity contribution in [2.45, 2.75) is 77.6 Å². The molecule has 27 heavy (non-hydrogen) atoms. The van der Waals surface area contributed by atoms with Crippen LogP contribution in [0, 0.1) is 5.92 Å². The van der Waals surface area contributed by atoms with Crippen LogP contribution in [0.5, 0.6) is 0 Å². The lowest BCUT2D eigenvalue weighted by Gasteiger charge is -2.25. The maximum absolute atomic E-state index is 12.3. The minimum absolute atomic E-state index is 0.116. The summed E-state index contributed by atoms with van der Waals surface area (Å²) in [6, 6.07) is 17.7. The summed E-state index contributed by atoms with van der Waals surface area (Å²) in [5, 5.41) is 0. The molecule has 0 unspecified atom stereocenters. The molecule has 1 nitrogen and oxygen atoms in total. The Morgan fingerprint density at radius 1 is 0.815 bits per heavy atom. The third kappa shape index (κ3) is 5.54. The van der Waals surface area contributed by atoms with Crippen molar-refractivity contribution in [2.24, 2.45) is 5.92 Å². The lowest BCUT2D eigenvalue weighted by Crippen LogP contribution is -2.21. The number of aryl methyl sites for hydroxylation is 1. The highest BCUT2D eigenvalue weighted by Gasteiger charge is 2.27. The number of hydrogen-bond donors (Lipinski definition) is 0. The van der Waals surface area contributed by atoms with E-state index >= 15 is 0 Å². The zero-order valence-electron chi connectivity index (χ0n) is 17.0. The van der Waals surface area contributed by atoms with Gasteiger partial charge in [-0.2, -0.15) is 0 Å². The Labute approximate surface area is 165 Å². The van der Waals surface area contributed by atoms with Crippen LogP contribution in [-0.4, -0.2) is 5.78 Å². The van der Waals surface area contributed by atoms with Gasteiger partial charge in [0.15, 0.2) is 0 Å². The monoisotopic (exact) mass is 362 g/mol. The van der Waals surface area contributed by atoms with Gasteiger partial charge in [0.2, 0.25) is 0 Å². The lowest BCUT2D eigenvalue weighted by molar-refractivity contribution is -0.123. The molecule has 1 heteroatoms. The second kappa shape index (κ2) is 9.88. The first-order valence-corrected chi connectivity index (χ1v) is 10.9. The van der Waals surface area contributed by atoms with Gasteiger partial charge in [0.25, 0.3) is 0 Å². The summed E-state index contributed by atoms with van der Waals surface area (Å²) in [6.07, 6.45) is 10.8. The standard InChI is InChI=1S/C26H34O/c1-3-4-5-6-7-8-21-10-12-22(13-11-21)23-14-16-24(17-15-23)25-18-9-20(2)19-26(25)27/h10-17,20,25H,3-9,18-19H2,1-2H3/t20-,25+/m1/s1. The van der Waals surface area contributed by atoms with Crippen molar-refractivity contribution in [1.82, 2.24) is 0 Å². The molecule has 1 aliphatic carbocycles. The van der Waals surface area contributed by atoms with Gasteiger partial charge in [-0.25, -0.2) is 0 Å². The smallest absolute Gasteiger partial charge is 0.140 e. The number of carbonyl (C=O) groups excluding carboxylic acids is 1. The van der Waals surface area contributed by atoms with E-state index in [2.05, 4.69) is 62.4 Å². The van der Waals surface area contributed by atoms with Crippen LogP contribution in [0.1, 0.15) is 82.3 Å². The number of rotatable bonds is 8.